The van der Waals surface area contributed by atoms with Crippen LogP contribution >= 0.6 is 0 Å². The predicted octanol–water partition coefficient (Wildman–Crippen LogP) is 2.50. The third kappa shape index (κ3) is 4.46. The Hall–Kier alpha value is -1.55. The number of aryl methyl sites for hydroxylation is 1. The summed E-state index contributed by atoms with van der Waals surface area (Å²) in [5.74, 6) is 0.774. The lowest BCUT2D eigenvalue weighted by atomic mass is 9.94. The molecule has 0 spiro atoms. The molecule has 116 valence electrons. The van der Waals surface area contributed by atoms with Crippen molar-refractivity contribution < 1.29 is 4.79 Å². The molecule has 0 aliphatic carbocycles. The molecule has 2 N–H and O–H groups in total. The van der Waals surface area contributed by atoms with Gasteiger partial charge in [-0.1, -0.05) is 6.07 Å². The van der Waals surface area contributed by atoms with Crippen LogP contribution < -0.4 is 10.6 Å². The zero-order valence-corrected chi connectivity index (χ0v) is 13.4. The van der Waals surface area contributed by atoms with E-state index in [4.69, 9.17) is 0 Å². The first-order chi connectivity index (χ1) is 10.1. The van der Waals surface area contributed by atoms with Crippen LogP contribution in [0.5, 0.6) is 0 Å². The van der Waals surface area contributed by atoms with Gasteiger partial charge in [-0.15, -0.1) is 0 Å². The molecule has 1 aliphatic heterocycles. The molecule has 0 bridgehead atoms. The standard InChI is InChI=1S/C17H27N3O/c1-13-4-5-15(16(12-13)18-2)17(21)19-9-6-14-7-10-20(3)11-8-14/h4-5,12,14,18H,6-11H2,1-3H3,(H,19,21). The van der Waals surface area contributed by atoms with E-state index in [2.05, 4.69) is 22.6 Å². The number of benzene rings is 1. The van der Waals surface area contributed by atoms with Gasteiger partial charge in [0, 0.05) is 19.3 Å². The number of hydrogen-bond donors (Lipinski definition) is 2. The van der Waals surface area contributed by atoms with Crippen LogP contribution in [0.3, 0.4) is 0 Å². The highest BCUT2D eigenvalue weighted by Gasteiger charge is 2.17. The predicted molar refractivity (Wildman–Crippen MR) is 87.9 cm³/mol. The van der Waals surface area contributed by atoms with Crippen molar-refractivity contribution in [3.8, 4) is 0 Å². The number of carbonyl (C=O) groups is 1. The SMILES string of the molecule is CNc1cc(C)ccc1C(=O)NCCC1CCN(C)CC1. The average molecular weight is 289 g/mol. The molecular formula is C17H27N3O. The Morgan fingerprint density at radius 3 is 2.71 bits per heavy atom. The molecule has 1 aliphatic rings. The van der Waals surface area contributed by atoms with E-state index in [9.17, 15) is 4.79 Å². The minimum atomic E-state index is 0.0206. The number of hydrogen-bond acceptors (Lipinski definition) is 3. The fraction of sp³-hybridized carbons (Fsp3) is 0.588. The van der Waals surface area contributed by atoms with E-state index in [0.717, 1.165) is 35.7 Å². The fourth-order valence-electron chi connectivity index (χ4n) is 2.90. The summed E-state index contributed by atoms with van der Waals surface area (Å²) < 4.78 is 0. The number of piperidine rings is 1. The first-order valence-corrected chi connectivity index (χ1v) is 7.85. The Morgan fingerprint density at radius 1 is 1.33 bits per heavy atom. The molecule has 0 radical (unpaired) electrons. The van der Waals surface area contributed by atoms with Gasteiger partial charge in [0.25, 0.3) is 5.91 Å². The van der Waals surface area contributed by atoms with Crippen LogP contribution in [0.2, 0.25) is 0 Å². The van der Waals surface area contributed by atoms with Crippen LogP contribution in [0, 0.1) is 12.8 Å². The quantitative estimate of drug-likeness (QED) is 0.875. The molecule has 4 nitrogen and oxygen atoms in total. The van der Waals surface area contributed by atoms with Crippen molar-refractivity contribution in [2.75, 3.05) is 39.0 Å². The number of anilines is 1. The first kappa shape index (κ1) is 15.8. The Balaban J connectivity index is 1.82. The Bertz CT molecular complexity index is 479. The lowest BCUT2D eigenvalue weighted by Crippen LogP contribution is -2.32. The highest BCUT2D eigenvalue weighted by atomic mass is 16.1. The maximum atomic E-state index is 12.3. The van der Waals surface area contributed by atoms with E-state index in [1.54, 1.807) is 0 Å². The topological polar surface area (TPSA) is 44.4 Å². The fourth-order valence-corrected chi connectivity index (χ4v) is 2.90. The van der Waals surface area contributed by atoms with Crippen molar-refractivity contribution in [1.29, 1.82) is 0 Å². The van der Waals surface area contributed by atoms with Gasteiger partial charge in [-0.2, -0.15) is 0 Å². The zero-order valence-electron chi connectivity index (χ0n) is 13.4. The minimum Gasteiger partial charge on any atom is -0.387 e. The van der Waals surface area contributed by atoms with Crippen LogP contribution in [0.4, 0.5) is 5.69 Å². The summed E-state index contributed by atoms with van der Waals surface area (Å²) in [6.45, 7) is 5.16. The van der Waals surface area contributed by atoms with Gasteiger partial charge in [-0.05, 0) is 69.9 Å². The highest BCUT2D eigenvalue weighted by Crippen LogP contribution is 2.19. The molecule has 2 rings (SSSR count). The molecule has 1 aromatic carbocycles. The number of likely N-dealkylation sites (tertiary alicyclic amines) is 1. The second-order valence-corrected chi connectivity index (χ2v) is 6.09. The second kappa shape index (κ2) is 7.46. The van der Waals surface area contributed by atoms with E-state index < -0.39 is 0 Å². The van der Waals surface area contributed by atoms with Crippen LogP contribution in [0.15, 0.2) is 18.2 Å². The second-order valence-electron chi connectivity index (χ2n) is 6.09. The maximum Gasteiger partial charge on any atom is 0.253 e. The summed E-state index contributed by atoms with van der Waals surface area (Å²) in [6, 6.07) is 5.88. The van der Waals surface area contributed by atoms with Gasteiger partial charge in [0.2, 0.25) is 0 Å². The Labute approximate surface area is 127 Å². The summed E-state index contributed by atoms with van der Waals surface area (Å²) in [5, 5.41) is 6.15. The first-order valence-electron chi connectivity index (χ1n) is 7.85. The highest BCUT2D eigenvalue weighted by molar-refractivity contribution is 5.99. The van der Waals surface area contributed by atoms with E-state index >= 15 is 0 Å². The molecule has 0 aromatic heterocycles. The summed E-state index contributed by atoms with van der Waals surface area (Å²) in [7, 11) is 4.03. The van der Waals surface area contributed by atoms with Crippen molar-refractivity contribution in [3.05, 3.63) is 29.3 Å². The van der Waals surface area contributed by atoms with Crippen LogP contribution in [-0.2, 0) is 0 Å². The smallest absolute Gasteiger partial charge is 0.253 e. The van der Waals surface area contributed by atoms with E-state index in [0.29, 0.717) is 0 Å². The maximum absolute atomic E-state index is 12.3. The van der Waals surface area contributed by atoms with Gasteiger partial charge < -0.3 is 15.5 Å². The molecule has 4 heteroatoms. The van der Waals surface area contributed by atoms with E-state index in [1.807, 2.05) is 32.2 Å². The molecule has 0 unspecified atom stereocenters. The van der Waals surface area contributed by atoms with Gasteiger partial charge in [0.1, 0.15) is 0 Å². The molecule has 1 heterocycles. The van der Waals surface area contributed by atoms with Crippen molar-refractivity contribution >= 4 is 11.6 Å². The van der Waals surface area contributed by atoms with Crippen molar-refractivity contribution in [1.82, 2.24) is 10.2 Å². The number of amides is 1. The monoisotopic (exact) mass is 289 g/mol. The number of nitrogens with one attached hydrogen (secondary N) is 2. The Morgan fingerprint density at radius 2 is 2.05 bits per heavy atom. The number of carbonyl (C=O) groups excluding carboxylic acids is 1. The van der Waals surface area contributed by atoms with Crippen LogP contribution in [-0.4, -0.2) is 44.5 Å². The normalized spacial score (nSPS) is 16.7. The third-order valence-corrected chi connectivity index (χ3v) is 4.37. The van der Waals surface area contributed by atoms with E-state index in [1.165, 1.54) is 25.9 Å². The van der Waals surface area contributed by atoms with Crippen LogP contribution in [0.1, 0.15) is 35.2 Å². The van der Waals surface area contributed by atoms with E-state index in [-0.39, 0.29) is 5.91 Å². The number of rotatable bonds is 5. The molecule has 21 heavy (non-hydrogen) atoms. The molecule has 1 aromatic rings. The molecule has 0 saturated carbocycles. The zero-order chi connectivity index (χ0) is 15.2. The average Bonchev–Trinajstić information content (AvgIpc) is 2.49. The number of nitrogens with zero attached hydrogens (tertiary/aromatic N) is 1. The van der Waals surface area contributed by atoms with Gasteiger partial charge in [0.05, 0.1) is 5.56 Å². The lowest BCUT2D eigenvalue weighted by Gasteiger charge is -2.28. The van der Waals surface area contributed by atoms with Crippen molar-refractivity contribution in [2.24, 2.45) is 5.92 Å². The molecule has 1 amide bonds. The van der Waals surface area contributed by atoms with Crippen LogP contribution in [0.25, 0.3) is 0 Å². The van der Waals surface area contributed by atoms with Crippen molar-refractivity contribution in [3.63, 3.8) is 0 Å². The van der Waals surface area contributed by atoms with Crippen molar-refractivity contribution in [2.45, 2.75) is 26.2 Å². The Kier molecular flexibility index (Phi) is 5.62. The molecular weight excluding hydrogens is 262 g/mol. The van der Waals surface area contributed by atoms with Gasteiger partial charge in [0.15, 0.2) is 0 Å². The van der Waals surface area contributed by atoms with Gasteiger partial charge >= 0.3 is 0 Å². The third-order valence-electron chi connectivity index (χ3n) is 4.37. The van der Waals surface area contributed by atoms with Gasteiger partial charge in [-0.25, -0.2) is 0 Å². The molecule has 1 fully saturated rings. The minimum absolute atomic E-state index is 0.0206. The summed E-state index contributed by atoms with van der Waals surface area (Å²) in [4.78, 5) is 14.6. The summed E-state index contributed by atoms with van der Waals surface area (Å²) in [6.07, 6.45) is 3.58. The molecule has 1 saturated heterocycles. The van der Waals surface area contributed by atoms with Gasteiger partial charge in [-0.3, -0.25) is 4.79 Å². The summed E-state index contributed by atoms with van der Waals surface area (Å²) in [5.41, 5.74) is 2.78. The lowest BCUT2D eigenvalue weighted by molar-refractivity contribution is 0.0949. The summed E-state index contributed by atoms with van der Waals surface area (Å²) >= 11 is 0. The molecule has 0 atom stereocenters. The largest absolute Gasteiger partial charge is 0.387 e.